The Balaban J connectivity index is 2.03. The lowest BCUT2D eigenvalue weighted by molar-refractivity contribution is -0.116. The van der Waals surface area contributed by atoms with Gasteiger partial charge < -0.3 is 9.47 Å². The predicted molar refractivity (Wildman–Crippen MR) is 57.3 cm³/mol. The summed E-state index contributed by atoms with van der Waals surface area (Å²) in [5.41, 5.74) is 0.495. The molecule has 1 saturated carbocycles. The maximum Gasteiger partial charge on any atom is 0.231 e. The minimum atomic E-state index is -0.449. The van der Waals surface area contributed by atoms with E-state index < -0.39 is 5.41 Å². The highest BCUT2D eigenvalue weighted by Crippen LogP contribution is 2.50. The molecule has 0 spiro atoms. The van der Waals surface area contributed by atoms with Crippen LogP contribution in [0.4, 0.5) is 0 Å². The summed E-state index contributed by atoms with van der Waals surface area (Å²) in [6.07, 6.45) is 6.85. The van der Waals surface area contributed by atoms with Crippen molar-refractivity contribution < 1.29 is 14.3 Å². The number of ketones is 1. The van der Waals surface area contributed by atoms with Gasteiger partial charge in [-0.15, -0.1) is 6.42 Å². The molecule has 0 aromatic heterocycles. The average molecular weight is 214 g/mol. The van der Waals surface area contributed by atoms with E-state index >= 15 is 0 Å². The first-order chi connectivity index (χ1) is 7.76. The third-order valence-electron chi connectivity index (χ3n) is 3.24. The lowest BCUT2D eigenvalue weighted by Crippen LogP contribution is -2.18. The van der Waals surface area contributed by atoms with Gasteiger partial charge in [-0.05, 0) is 36.5 Å². The molecule has 0 N–H and O–H groups in total. The summed E-state index contributed by atoms with van der Waals surface area (Å²) < 4.78 is 10.5. The molecule has 0 unspecified atom stereocenters. The van der Waals surface area contributed by atoms with Crippen molar-refractivity contribution in [3.05, 3.63) is 23.8 Å². The van der Waals surface area contributed by atoms with Crippen molar-refractivity contribution in [2.75, 3.05) is 6.79 Å². The lowest BCUT2D eigenvalue weighted by Gasteiger charge is -2.11. The topological polar surface area (TPSA) is 35.5 Å². The van der Waals surface area contributed by atoms with E-state index in [9.17, 15) is 4.79 Å². The summed E-state index contributed by atoms with van der Waals surface area (Å²) in [6, 6.07) is 5.60. The number of hydrogen-bond donors (Lipinski definition) is 0. The zero-order valence-electron chi connectivity index (χ0n) is 8.66. The van der Waals surface area contributed by atoms with Crippen molar-refractivity contribution in [1.29, 1.82) is 0 Å². The minimum absolute atomic E-state index is 0.133. The highest BCUT2D eigenvalue weighted by atomic mass is 16.7. The Bertz CT molecular complexity index is 506. The van der Waals surface area contributed by atoms with Gasteiger partial charge in [0.15, 0.2) is 11.5 Å². The molecule has 1 heterocycles. The molecule has 3 nitrogen and oxygen atoms in total. The van der Waals surface area contributed by atoms with Gasteiger partial charge in [-0.1, -0.05) is 6.07 Å². The second-order valence-electron chi connectivity index (χ2n) is 4.12. The molecule has 0 bridgehead atoms. The molecule has 16 heavy (non-hydrogen) atoms. The first-order valence-electron chi connectivity index (χ1n) is 5.17. The Morgan fingerprint density at radius 1 is 1.31 bits per heavy atom. The van der Waals surface area contributed by atoms with E-state index in [1.165, 1.54) is 0 Å². The fourth-order valence-corrected chi connectivity index (χ4v) is 2.10. The highest BCUT2D eigenvalue weighted by molar-refractivity contribution is 6.05. The molecule has 0 atom stereocenters. The summed E-state index contributed by atoms with van der Waals surface area (Å²) in [5, 5.41) is 0. The predicted octanol–water partition coefficient (Wildman–Crippen LogP) is 1.65. The molecule has 3 heteroatoms. The molecule has 1 fully saturated rings. The fraction of sp³-hybridized carbons (Fsp3) is 0.308. The number of hydrogen-bond acceptors (Lipinski definition) is 3. The Labute approximate surface area is 93.4 Å². The van der Waals surface area contributed by atoms with Gasteiger partial charge in [-0.2, -0.15) is 0 Å². The quantitative estimate of drug-likeness (QED) is 0.554. The molecule has 1 aromatic rings. The second kappa shape index (κ2) is 3.02. The number of terminal acetylenes is 1. The number of carbonyl (C=O) groups excluding carboxylic acids is 1. The number of carbonyl (C=O) groups is 1. The smallest absolute Gasteiger partial charge is 0.231 e. The highest BCUT2D eigenvalue weighted by Gasteiger charge is 2.50. The van der Waals surface area contributed by atoms with Crippen molar-refractivity contribution >= 4 is 5.78 Å². The Kier molecular flexibility index (Phi) is 1.75. The van der Waals surface area contributed by atoms with Gasteiger partial charge in [0.05, 0.1) is 5.41 Å². The molecule has 80 valence electrons. The SMILES string of the molecule is C#CC(=O)C1(c2ccc3c(c2)OCO3)CC1. The van der Waals surface area contributed by atoms with E-state index in [1.54, 1.807) is 0 Å². The van der Waals surface area contributed by atoms with Crippen LogP contribution in [-0.2, 0) is 10.2 Å². The summed E-state index contributed by atoms with van der Waals surface area (Å²) in [7, 11) is 0. The fourth-order valence-electron chi connectivity index (χ4n) is 2.10. The Morgan fingerprint density at radius 2 is 2.06 bits per heavy atom. The Hall–Kier alpha value is -1.95. The number of Topliss-reactive ketones (excluding diaryl/α,β-unsaturated/α-hetero) is 1. The average Bonchev–Trinajstić information content (AvgIpc) is 3.00. The van der Waals surface area contributed by atoms with Crippen LogP contribution in [0, 0.1) is 12.3 Å². The normalized spacial score (nSPS) is 18.9. The lowest BCUT2D eigenvalue weighted by atomic mass is 9.91. The van der Waals surface area contributed by atoms with Gasteiger partial charge in [0.2, 0.25) is 12.6 Å². The molecule has 0 amide bonds. The van der Waals surface area contributed by atoms with Crippen LogP contribution in [0.15, 0.2) is 18.2 Å². The van der Waals surface area contributed by atoms with Crippen molar-refractivity contribution in [1.82, 2.24) is 0 Å². The maximum absolute atomic E-state index is 11.7. The second-order valence-corrected chi connectivity index (χ2v) is 4.12. The molecule has 3 rings (SSSR count). The van der Waals surface area contributed by atoms with Crippen LogP contribution >= 0.6 is 0 Å². The van der Waals surface area contributed by atoms with E-state index in [0.29, 0.717) is 5.75 Å². The number of fused-ring (bicyclic) bond motifs is 1. The van der Waals surface area contributed by atoms with Crippen molar-refractivity contribution in [3.8, 4) is 23.8 Å². The number of ether oxygens (including phenoxy) is 2. The molecule has 2 aliphatic rings. The Morgan fingerprint density at radius 3 is 2.75 bits per heavy atom. The molecule has 1 aromatic carbocycles. The van der Waals surface area contributed by atoms with Crippen LogP contribution in [0.3, 0.4) is 0 Å². The summed E-state index contributed by atoms with van der Waals surface area (Å²) in [4.78, 5) is 11.7. The third kappa shape index (κ3) is 1.13. The van der Waals surface area contributed by atoms with Crippen LogP contribution in [0.1, 0.15) is 18.4 Å². The molecule has 1 aliphatic carbocycles. The van der Waals surface area contributed by atoms with Crippen LogP contribution in [0.2, 0.25) is 0 Å². The van der Waals surface area contributed by atoms with Crippen LogP contribution < -0.4 is 9.47 Å². The maximum atomic E-state index is 11.7. The van der Waals surface area contributed by atoms with E-state index in [0.717, 1.165) is 24.2 Å². The summed E-state index contributed by atoms with van der Waals surface area (Å²) in [6.45, 7) is 0.245. The van der Waals surface area contributed by atoms with Crippen LogP contribution in [-0.4, -0.2) is 12.6 Å². The first kappa shape index (κ1) is 9.29. The van der Waals surface area contributed by atoms with Gasteiger partial charge in [-0.25, -0.2) is 0 Å². The monoisotopic (exact) mass is 214 g/mol. The third-order valence-corrected chi connectivity index (χ3v) is 3.24. The standard InChI is InChI=1S/C13H10O3/c1-2-12(14)13(5-6-13)9-3-4-10-11(7-9)16-8-15-10/h1,3-4,7H,5-6,8H2. The van der Waals surface area contributed by atoms with E-state index in [4.69, 9.17) is 15.9 Å². The van der Waals surface area contributed by atoms with E-state index in [-0.39, 0.29) is 12.6 Å². The molecule has 0 radical (unpaired) electrons. The van der Waals surface area contributed by atoms with E-state index in [1.807, 2.05) is 18.2 Å². The molecular formula is C13H10O3. The van der Waals surface area contributed by atoms with Gasteiger partial charge in [0.25, 0.3) is 0 Å². The zero-order chi connectivity index (χ0) is 11.2. The largest absolute Gasteiger partial charge is 0.454 e. The van der Waals surface area contributed by atoms with Crippen molar-refractivity contribution in [2.45, 2.75) is 18.3 Å². The van der Waals surface area contributed by atoms with Crippen molar-refractivity contribution in [2.24, 2.45) is 0 Å². The first-order valence-corrected chi connectivity index (χ1v) is 5.17. The number of benzene rings is 1. The summed E-state index contributed by atoms with van der Waals surface area (Å²) >= 11 is 0. The minimum Gasteiger partial charge on any atom is -0.454 e. The zero-order valence-corrected chi connectivity index (χ0v) is 8.66. The summed E-state index contributed by atoms with van der Waals surface area (Å²) in [5.74, 6) is 3.52. The van der Waals surface area contributed by atoms with Gasteiger partial charge in [-0.3, -0.25) is 4.79 Å². The van der Waals surface area contributed by atoms with Crippen LogP contribution in [0.5, 0.6) is 11.5 Å². The number of rotatable bonds is 2. The van der Waals surface area contributed by atoms with Gasteiger partial charge in [0, 0.05) is 0 Å². The van der Waals surface area contributed by atoms with Crippen molar-refractivity contribution in [3.63, 3.8) is 0 Å². The van der Waals surface area contributed by atoms with Gasteiger partial charge in [0.1, 0.15) is 0 Å². The van der Waals surface area contributed by atoms with Gasteiger partial charge >= 0.3 is 0 Å². The molecule has 1 aliphatic heterocycles. The van der Waals surface area contributed by atoms with E-state index in [2.05, 4.69) is 5.92 Å². The molecular weight excluding hydrogens is 204 g/mol. The molecule has 0 saturated heterocycles. The van der Waals surface area contributed by atoms with Crippen LogP contribution in [0.25, 0.3) is 0 Å².